The molecule has 1 atom stereocenters. The molecule has 148 valence electrons. The molecule has 3 N–H and O–H groups in total. The highest BCUT2D eigenvalue weighted by Gasteiger charge is 2.28. The lowest BCUT2D eigenvalue weighted by atomic mass is 9.90. The van der Waals surface area contributed by atoms with Crippen molar-refractivity contribution < 1.29 is 9.53 Å². The van der Waals surface area contributed by atoms with Crippen LogP contribution in [0.15, 0.2) is 18.5 Å². The van der Waals surface area contributed by atoms with Gasteiger partial charge in [0.1, 0.15) is 5.82 Å². The lowest BCUT2D eigenvalue weighted by molar-refractivity contribution is 0.0600. The number of carbonyl (C=O) groups is 1. The van der Waals surface area contributed by atoms with E-state index in [-0.39, 0.29) is 11.9 Å². The first-order valence-corrected chi connectivity index (χ1v) is 9.82. The first-order chi connectivity index (χ1) is 13.7. The van der Waals surface area contributed by atoms with Gasteiger partial charge in [0.15, 0.2) is 0 Å². The summed E-state index contributed by atoms with van der Waals surface area (Å²) in [6, 6.07) is 1.86. The molecular weight excluding hydrogens is 356 g/mol. The number of nitrogens with two attached hydrogens (primary N) is 1. The predicted octanol–water partition coefficient (Wildman–Crippen LogP) is 1.51. The highest BCUT2D eigenvalue weighted by atomic mass is 16.5. The smallest absolute Gasteiger partial charge is 0.339 e. The third kappa shape index (κ3) is 3.64. The molecule has 8 heteroatoms. The van der Waals surface area contributed by atoms with Crippen LogP contribution < -0.4 is 16.0 Å². The molecule has 4 rings (SSSR count). The number of fused-ring (bicyclic) bond motifs is 1. The number of nitrogen functional groups attached to an aromatic ring is 1. The predicted molar refractivity (Wildman–Crippen MR) is 107 cm³/mol. The fourth-order valence-corrected chi connectivity index (χ4v) is 4.16. The van der Waals surface area contributed by atoms with Crippen LogP contribution in [0.4, 0.5) is 11.8 Å². The molecule has 28 heavy (non-hydrogen) atoms. The van der Waals surface area contributed by atoms with Gasteiger partial charge < -0.3 is 20.7 Å². The van der Waals surface area contributed by atoms with Gasteiger partial charge in [0.2, 0.25) is 5.95 Å². The number of hydrogen-bond donors (Lipinski definition) is 2. The number of anilines is 2. The Bertz CT molecular complexity index is 866. The van der Waals surface area contributed by atoms with Gasteiger partial charge in [-0.05, 0) is 30.9 Å². The normalized spacial score (nSPS) is 19.6. The molecule has 3 heterocycles. The van der Waals surface area contributed by atoms with Gasteiger partial charge in [0, 0.05) is 50.1 Å². The van der Waals surface area contributed by atoms with Gasteiger partial charge in [-0.2, -0.15) is 4.98 Å². The summed E-state index contributed by atoms with van der Waals surface area (Å²) >= 11 is 0. The maximum absolute atomic E-state index is 12.0. The Balaban J connectivity index is 1.78. The second kappa shape index (κ2) is 8.10. The third-order valence-electron chi connectivity index (χ3n) is 5.53. The van der Waals surface area contributed by atoms with Gasteiger partial charge in [0.05, 0.1) is 18.4 Å². The highest BCUT2D eigenvalue weighted by Crippen LogP contribution is 2.38. The van der Waals surface area contributed by atoms with E-state index in [1.54, 1.807) is 0 Å². The maximum atomic E-state index is 12.0. The average Bonchev–Trinajstić information content (AvgIpc) is 2.95. The second-order valence-corrected chi connectivity index (χ2v) is 7.30. The van der Waals surface area contributed by atoms with Crippen LogP contribution in [0.3, 0.4) is 0 Å². The van der Waals surface area contributed by atoms with E-state index in [1.165, 1.54) is 18.9 Å². The van der Waals surface area contributed by atoms with Crippen LogP contribution >= 0.6 is 0 Å². The molecule has 1 saturated heterocycles. The zero-order valence-electron chi connectivity index (χ0n) is 16.1. The molecule has 1 fully saturated rings. The van der Waals surface area contributed by atoms with Crippen molar-refractivity contribution >= 4 is 17.7 Å². The Morgan fingerprint density at radius 3 is 2.86 bits per heavy atom. The van der Waals surface area contributed by atoms with Crippen molar-refractivity contribution in [3.05, 3.63) is 40.8 Å². The Hall–Kier alpha value is -2.74. The molecular formula is C20H26N6O2. The fourth-order valence-electron chi connectivity index (χ4n) is 4.16. The molecule has 2 aromatic heterocycles. The summed E-state index contributed by atoms with van der Waals surface area (Å²) in [6.07, 6.45) is 7.39. The van der Waals surface area contributed by atoms with Crippen molar-refractivity contribution in [3.8, 4) is 0 Å². The van der Waals surface area contributed by atoms with Crippen LogP contribution in [0.5, 0.6) is 0 Å². The molecule has 2 aromatic rings. The first kappa shape index (κ1) is 18.6. The van der Waals surface area contributed by atoms with E-state index in [0.29, 0.717) is 11.5 Å². The Morgan fingerprint density at radius 1 is 1.25 bits per heavy atom. The minimum absolute atomic E-state index is 0.0431. The van der Waals surface area contributed by atoms with Crippen molar-refractivity contribution in [1.29, 1.82) is 0 Å². The maximum Gasteiger partial charge on any atom is 0.339 e. The molecule has 1 aliphatic carbocycles. The monoisotopic (exact) mass is 382 g/mol. The van der Waals surface area contributed by atoms with Gasteiger partial charge in [-0.25, -0.2) is 9.78 Å². The summed E-state index contributed by atoms with van der Waals surface area (Å²) in [5.74, 6) is 0.928. The van der Waals surface area contributed by atoms with Crippen molar-refractivity contribution in [2.24, 2.45) is 0 Å². The van der Waals surface area contributed by atoms with E-state index in [2.05, 4.69) is 25.2 Å². The highest BCUT2D eigenvalue weighted by molar-refractivity contribution is 5.89. The number of ether oxygens (including phenoxy) is 1. The van der Waals surface area contributed by atoms with Crippen molar-refractivity contribution in [2.45, 2.75) is 31.6 Å². The number of piperazine rings is 1. The molecule has 0 aromatic carbocycles. The summed E-state index contributed by atoms with van der Waals surface area (Å²) in [6.45, 7) is 3.69. The number of rotatable bonds is 3. The van der Waals surface area contributed by atoms with Crippen LogP contribution in [0.1, 0.15) is 52.4 Å². The average molecular weight is 382 g/mol. The van der Waals surface area contributed by atoms with Crippen LogP contribution in [0.25, 0.3) is 0 Å². The van der Waals surface area contributed by atoms with Gasteiger partial charge >= 0.3 is 5.97 Å². The number of carbonyl (C=O) groups excluding carboxylic acids is 1. The van der Waals surface area contributed by atoms with Gasteiger partial charge in [-0.15, -0.1) is 0 Å². The van der Waals surface area contributed by atoms with Crippen LogP contribution in [0.2, 0.25) is 0 Å². The summed E-state index contributed by atoms with van der Waals surface area (Å²) in [5.41, 5.74) is 9.70. The lowest BCUT2D eigenvalue weighted by Gasteiger charge is -2.31. The fraction of sp³-hybridized carbons (Fsp3) is 0.500. The topological polar surface area (TPSA) is 106 Å². The van der Waals surface area contributed by atoms with E-state index in [4.69, 9.17) is 10.5 Å². The number of hydrogen-bond acceptors (Lipinski definition) is 8. The minimum Gasteiger partial charge on any atom is -0.465 e. The van der Waals surface area contributed by atoms with Crippen LogP contribution in [-0.2, 0) is 11.2 Å². The van der Waals surface area contributed by atoms with Crippen LogP contribution in [-0.4, -0.2) is 54.2 Å². The SMILES string of the molecule is COC(=O)c1cncc(C2CCCCc3c2nc(N)nc3N2CCNCC2)c1. The van der Waals surface area contributed by atoms with E-state index >= 15 is 0 Å². The number of nitrogens with one attached hydrogen (secondary N) is 1. The number of esters is 1. The Kier molecular flexibility index (Phi) is 5.38. The molecule has 0 bridgehead atoms. The molecule has 0 saturated carbocycles. The Morgan fingerprint density at radius 2 is 2.07 bits per heavy atom. The quantitative estimate of drug-likeness (QED) is 0.608. The van der Waals surface area contributed by atoms with Crippen molar-refractivity contribution in [1.82, 2.24) is 20.3 Å². The third-order valence-corrected chi connectivity index (χ3v) is 5.53. The number of pyridine rings is 1. The molecule has 1 aliphatic heterocycles. The van der Waals surface area contributed by atoms with E-state index < -0.39 is 0 Å². The van der Waals surface area contributed by atoms with E-state index in [1.807, 2.05) is 12.3 Å². The van der Waals surface area contributed by atoms with E-state index in [9.17, 15) is 4.79 Å². The zero-order chi connectivity index (χ0) is 19.5. The van der Waals surface area contributed by atoms with Gasteiger partial charge in [0.25, 0.3) is 0 Å². The number of nitrogens with zero attached hydrogens (tertiary/aromatic N) is 4. The minimum atomic E-state index is -0.382. The second-order valence-electron chi connectivity index (χ2n) is 7.30. The largest absolute Gasteiger partial charge is 0.465 e. The lowest BCUT2D eigenvalue weighted by Crippen LogP contribution is -2.44. The van der Waals surface area contributed by atoms with Gasteiger partial charge in [-0.1, -0.05) is 6.42 Å². The van der Waals surface area contributed by atoms with Crippen LogP contribution in [0, 0.1) is 0 Å². The molecule has 1 unspecified atom stereocenters. The summed E-state index contributed by atoms with van der Waals surface area (Å²) < 4.78 is 4.85. The first-order valence-electron chi connectivity index (χ1n) is 9.82. The standard InChI is InChI=1S/C20H26N6O2/c1-28-19(27)14-10-13(11-23-12-14)15-4-2-3-5-16-17(15)24-20(21)25-18(16)26-8-6-22-7-9-26/h10-12,15,22H,2-9H2,1H3,(H2,21,24,25). The zero-order valence-corrected chi connectivity index (χ0v) is 16.1. The molecule has 2 aliphatic rings. The molecule has 0 spiro atoms. The molecule has 0 radical (unpaired) electrons. The Labute approximate surface area is 164 Å². The van der Waals surface area contributed by atoms with Gasteiger partial charge in [-0.3, -0.25) is 4.98 Å². The number of aromatic nitrogens is 3. The summed E-state index contributed by atoms with van der Waals surface area (Å²) in [4.78, 5) is 27.8. The summed E-state index contributed by atoms with van der Waals surface area (Å²) in [7, 11) is 1.38. The van der Waals surface area contributed by atoms with Crippen molar-refractivity contribution in [3.63, 3.8) is 0 Å². The van der Waals surface area contributed by atoms with E-state index in [0.717, 1.165) is 68.9 Å². The summed E-state index contributed by atoms with van der Waals surface area (Å²) in [5, 5.41) is 3.38. The molecule has 8 nitrogen and oxygen atoms in total. The molecule has 0 amide bonds. The number of methoxy groups -OCH3 is 1. The van der Waals surface area contributed by atoms with Crippen molar-refractivity contribution in [2.75, 3.05) is 43.9 Å².